The molecule has 2 aliphatic heterocycles. The molecule has 2 aliphatic rings. The summed E-state index contributed by atoms with van der Waals surface area (Å²) in [5.74, 6) is 2.15. The predicted molar refractivity (Wildman–Crippen MR) is 275 cm³/mol. The van der Waals surface area contributed by atoms with Crippen LogP contribution >= 0.6 is 22.7 Å². The summed E-state index contributed by atoms with van der Waals surface area (Å²) in [6, 6.07) is 22.1. The van der Waals surface area contributed by atoms with Gasteiger partial charge in [0.1, 0.15) is 35.0 Å². The third-order valence-electron chi connectivity index (χ3n) is 13.3. The van der Waals surface area contributed by atoms with Gasteiger partial charge < -0.3 is 29.5 Å². The Kier molecular flexibility index (Phi) is 15.8. The van der Waals surface area contributed by atoms with Crippen molar-refractivity contribution >= 4 is 51.7 Å². The maximum absolute atomic E-state index is 13.7. The van der Waals surface area contributed by atoms with E-state index in [2.05, 4.69) is 34.3 Å². The van der Waals surface area contributed by atoms with E-state index in [4.69, 9.17) is 19.2 Å². The number of nitrogens with one attached hydrogen (secondary N) is 1. The average Bonchev–Trinajstić information content (AvgIpc) is 4.11. The number of nitrogens with zero attached hydrogens (tertiary/aromatic N) is 6. The van der Waals surface area contributed by atoms with Gasteiger partial charge in [0.2, 0.25) is 11.8 Å². The summed E-state index contributed by atoms with van der Waals surface area (Å²) in [6.07, 6.45) is 0.927. The number of amides is 2. The first-order valence-electron chi connectivity index (χ1n) is 24.0. The van der Waals surface area contributed by atoms with E-state index < -0.39 is 18.2 Å². The molecule has 14 nitrogen and oxygen atoms in total. The molecule has 8 rings (SSSR count). The van der Waals surface area contributed by atoms with E-state index in [1.807, 2.05) is 124 Å². The van der Waals surface area contributed by atoms with Crippen molar-refractivity contribution in [1.29, 1.82) is 0 Å². The molecule has 6 aromatic rings. The molecule has 368 valence electrons. The van der Waals surface area contributed by atoms with E-state index in [0.717, 1.165) is 66.4 Å². The zero-order chi connectivity index (χ0) is 49.7. The molecular weight excluding hydrogens is 923 g/mol. The molecule has 0 spiro atoms. The van der Waals surface area contributed by atoms with Gasteiger partial charge in [0.05, 0.1) is 53.6 Å². The maximum atomic E-state index is 13.7. The Hall–Kier alpha value is -6.07. The number of anilines is 1. The first-order chi connectivity index (χ1) is 33.6. The van der Waals surface area contributed by atoms with Crippen LogP contribution < -0.4 is 14.8 Å². The fourth-order valence-electron chi connectivity index (χ4n) is 8.83. The number of carbonyl (C=O) groups is 3. The Balaban J connectivity index is 0.857. The first-order valence-corrected chi connectivity index (χ1v) is 25.7. The van der Waals surface area contributed by atoms with Crippen LogP contribution in [0.1, 0.15) is 104 Å². The number of likely N-dealkylation sites (tertiary alicyclic amines) is 1. The van der Waals surface area contributed by atoms with Crippen molar-refractivity contribution in [3.63, 3.8) is 0 Å². The molecule has 16 heteroatoms. The molecule has 2 amide bonds. The van der Waals surface area contributed by atoms with Crippen molar-refractivity contribution in [1.82, 2.24) is 24.6 Å². The van der Waals surface area contributed by atoms with Crippen LogP contribution in [0.2, 0.25) is 0 Å². The topological polar surface area (TPSA) is 170 Å². The number of thiazole rings is 1. The van der Waals surface area contributed by atoms with Crippen LogP contribution in [0.3, 0.4) is 0 Å². The highest BCUT2D eigenvalue weighted by Crippen LogP contribution is 2.40. The minimum atomic E-state index is -0.722. The van der Waals surface area contributed by atoms with E-state index >= 15 is 0 Å². The molecule has 3 aromatic carbocycles. The summed E-state index contributed by atoms with van der Waals surface area (Å²) >= 11 is 3.24. The van der Waals surface area contributed by atoms with Crippen LogP contribution in [0.5, 0.6) is 11.5 Å². The third-order valence-corrected chi connectivity index (χ3v) is 15.5. The molecular formula is C54H63N7O7S2. The van der Waals surface area contributed by atoms with Gasteiger partial charge in [-0.1, -0.05) is 58.0 Å². The Bertz CT molecular complexity index is 2850. The fourth-order valence-corrected chi connectivity index (χ4v) is 10.8. The molecule has 3 aromatic heterocycles. The molecule has 0 unspecified atom stereocenters. The number of ether oxygens (including phenoxy) is 3. The largest absolute Gasteiger partial charge is 0.494 e. The van der Waals surface area contributed by atoms with Crippen molar-refractivity contribution < 1.29 is 33.7 Å². The van der Waals surface area contributed by atoms with Gasteiger partial charge in [-0.15, -0.1) is 32.9 Å². The van der Waals surface area contributed by atoms with Crippen molar-refractivity contribution in [2.75, 3.05) is 38.3 Å². The molecule has 1 fully saturated rings. The van der Waals surface area contributed by atoms with Crippen LogP contribution in [-0.2, 0) is 25.5 Å². The number of hydrogen-bond acceptors (Lipinski definition) is 13. The summed E-state index contributed by atoms with van der Waals surface area (Å²) in [5, 5.41) is 23.5. The number of hydrogen-bond donors (Lipinski definition) is 2. The molecule has 5 heterocycles. The zero-order valence-corrected chi connectivity index (χ0v) is 42.9. The lowest BCUT2D eigenvalue weighted by atomic mass is 9.81. The number of aliphatic imine (C=N–C) groups is 1. The third kappa shape index (κ3) is 11.4. The summed E-state index contributed by atoms with van der Waals surface area (Å²) in [4.78, 5) is 54.1. The number of aliphatic hydroxyl groups excluding tert-OH is 1. The lowest BCUT2D eigenvalue weighted by Gasteiger charge is -2.32. The number of rotatable bonds is 19. The molecule has 70 heavy (non-hydrogen) atoms. The monoisotopic (exact) mass is 985 g/mol. The standard InChI is InChI=1S/C54H63N7O7S2/c1-32-35(4)70-53-48(32)49(57-43(51-59-58-36(5)61(51)53)29-47(64)56-40-13-10-9-11-14-40)38-17-20-42(21-18-38)67-24-12-23-66-25-26-68-46-27-39(50-34(3)55-31-69-50)16-15-37(46)19-22-45(63)44-28-41(62)30-60(44)52(65)33(2)54(6,7)8/h9-11,13-18,20-21,27,31,33,41,43-44,62H,12,19,22-26,28-30H2,1-8H3,(H,56,64)/t33-,41-,43+,44+/m1/s1. The molecule has 2 N–H and O–H groups in total. The fraction of sp³-hybridized carbons (Fsp3) is 0.426. The Morgan fingerprint density at radius 1 is 0.914 bits per heavy atom. The van der Waals surface area contributed by atoms with Gasteiger partial charge in [0, 0.05) is 60.0 Å². The van der Waals surface area contributed by atoms with E-state index in [1.54, 1.807) is 27.6 Å². The molecule has 4 atom stereocenters. The lowest BCUT2D eigenvalue weighted by Crippen LogP contribution is -2.46. The normalized spacial score (nSPS) is 17.1. The molecule has 0 bridgehead atoms. The van der Waals surface area contributed by atoms with Gasteiger partial charge in [0.25, 0.3) is 0 Å². The van der Waals surface area contributed by atoms with Gasteiger partial charge in [-0.25, -0.2) is 4.98 Å². The second kappa shape index (κ2) is 21.9. The van der Waals surface area contributed by atoms with Crippen LogP contribution in [0.4, 0.5) is 5.69 Å². The van der Waals surface area contributed by atoms with Crippen LogP contribution in [0.15, 0.2) is 83.3 Å². The second-order valence-corrected chi connectivity index (χ2v) is 21.3. The van der Waals surface area contributed by atoms with E-state index in [1.165, 1.54) is 4.88 Å². The van der Waals surface area contributed by atoms with Crippen molar-refractivity contribution in [3.8, 4) is 26.9 Å². The Morgan fingerprint density at radius 2 is 1.67 bits per heavy atom. The predicted octanol–water partition coefficient (Wildman–Crippen LogP) is 9.62. The number of aromatic nitrogens is 4. The van der Waals surface area contributed by atoms with Gasteiger partial charge in [-0.05, 0) is 98.7 Å². The molecule has 0 saturated carbocycles. The van der Waals surface area contributed by atoms with E-state index in [0.29, 0.717) is 50.8 Å². The first kappa shape index (κ1) is 50.3. The molecule has 0 radical (unpaired) electrons. The van der Waals surface area contributed by atoms with Gasteiger partial charge in [-0.3, -0.25) is 23.9 Å². The van der Waals surface area contributed by atoms with Gasteiger partial charge >= 0.3 is 0 Å². The number of ketones is 1. The zero-order valence-electron chi connectivity index (χ0n) is 41.3. The number of β-amino-alcohol motifs (C(OH)–C–C–N with tert-alkyl or cyclic N) is 1. The summed E-state index contributed by atoms with van der Waals surface area (Å²) < 4.78 is 20.5. The minimum absolute atomic E-state index is 0.0607. The summed E-state index contributed by atoms with van der Waals surface area (Å²) in [5.41, 5.74) is 8.92. The highest BCUT2D eigenvalue weighted by molar-refractivity contribution is 7.15. The van der Waals surface area contributed by atoms with Gasteiger partial charge in [-0.2, -0.15) is 0 Å². The Labute approximate surface area is 418 Å². The number of fused-ring (bicyclic) bond motifs is 3. The number of aliphatic hydroxyl groups is 1. The van der Waals surface area contributed by atoms with Crippen molar-refractivity contribution in [3.05, 3.63) is 123 Å². The number of aryl methyl sites for hydroxylation is 4. The lowest BCUT2D eigenvalue weighted by molar-refractivity contribution is -0.143. The Morgan fingerprint density at radius 3 is 2.40 bits per heavy atom. The van der Waals surface area contributed by atoms with E-state index in [-0.39, 0.29) is 54.7 Å². The van der Waals surface area contributed by atoms with E-state index in [9.17, 15) is 19.5 Å². The quantitative estimate of drug-likeness (QED) is 0.0745. The SMILES string of the molecule is Cc1ncsc1-c1ccc(CCC(=O)[C@@H]2C[C@@H](O)CN2C(=O)[C@@H](C)C(C)(C)C)c(OCCOCCCOc2ccc(C3=N[C@@H](CC(=O)Nc4ccccc4)c4nnc(C)n4-c4sc(C)c(C)c43)cc2)c1. The smallest absolute Gasteiger partial charge is 0.227 e. The highest BCUT2D eigenvalue weighted by atomic mass is 32.1. The van der Waals surface area contributed by atoms with Crippen molar-refractivity contribution in [2.45, 2.75) is 106 Å². The van der Waals surface area contributed by atoms with Crippen LogP contribution in [0, 0.1) is 39.0 Å². The van der Waals surface area contributed by atoms with Crippen LogP contribution in [0.25, 0.3) is 15.4 Å². The highest BCUT2D eigenvalue weighted by Gasteiger charge is 2.42. The number of thiophene rings is 1. The van der Waals surface area contributed by atoms with Crippen LogP contribution in [-0.4, -0.2) is 98.2 Å². The molecule has 1 saturated heterocycles. The number of benzene rings is 3. The number of carbonyl (C=O) groups excluding carboxylic acids is 3. The summed E-state index contributed by atoms with van der Waals surface area (Å²) in [7, 11) is 0. The molecule has 0 aliphatic carbocycles. The maximum Gasteiger partial charge on any atom is 0.227 e. The number of para-hydroxylation sites is 1. The second-order valence-electron chi connectivity index (χ2n) is 19.2. The number of Topliss-reactive ketones (excluding diaryl/α,β-unsaturated/α-hetero) is 1. The average molecular weight is 986 g/mol. The van der Waals surface area contributed by atoms with Crippen molar-refractivity contribution in [2.24, 2.45) is 16.3 Å². The summed E-state index contributed by atoms with van der Waals surface area (Å²) in [6.45, 7) is 17.8. The van der Waals surface area contributed by atoms with Gasteiger partial charge in [0.15, 0.2) is 11.6 Å². The minimum Gasteiger partial charge on any atom is -0.494 e.